The van der Waals surface area contributed by atoms with E-state index in [-0.39, 0.29) is 0 Å². The molecule has 0 unspecified atom stereocenters. The standard InChI is InChI=1S/C7H16NO/c1-4-6-9-7-5-8(2)3/h1,4-7H2,2-3H3. The van der Waals surface area contributed by atoms with Crippen molar-refractivity contribution in [1.29, 1.82) is 0 Å². The summed E-state index contributed by atoms with van der Waals surface area (Å²) in [7, 11) is 4.07. The third-order valence-electron chi connectivity index (χ3n) is 0.972. The largest absolute Gasteiger partial charge is 0.380 e. The molecule has 0 aromatic heterocycles. The summed E-state index contributed by atoms with van der Waals surface area (Å²) < 4.78 is 5.19. The molecule has 0 atom stereocenters. The van der Waals surface area contributed by atoms with Crippen LogP contribution in [0.2, 0.25) is 0 Å². The molecule has 0 aliphatic heterocycles. The summed E-state index contributed by atoms with van der Waals surface area (Å²) in [5, 5.41) is 0. The minimum atomic E-state index is 0.786. The van der Waals surface area contributed by atoms with Crippen LogP contribution in [0, 0.1) is 6.92 Å². The molecular formula is C7H16NO. The molecule has 2 nitrogen and oxygen atoms in total. The van der Waals surface area contributed by atoms with Crippen molar-refractivity contribution in [2.45, 2.75) is 6.42 Å². The first-order valence-electron chi connectivity index (χ1n) is 3.29. The van der Waals surface area contributed by atoms with E-state index in [1.165, 1.54) is 0 Å². The average Bonchev–Trinajstić information content (AvgIpc) is 1.80. The molecular weight excluding hydrogens is 114 g/mol. The molecule has 0 saturated carbocycles. The average molecular weight is 130 g/mol. The fraction of sp³-hybridized carbons (Fsp3) is 0.857. The van der Waals surface area contributed by atoms with Gasteiger partial charge in [0.25, 0.3) is 0 Å². The Bertz CT molecular complexity index is 54.9. The maximum atomic E-state index is 5.19. The van der Waals surface area contributed by atoms with E-state index < -0.39 is 0 Å². The zero-order chi connectivity index (χ0) is 7.11. The Morgan fingerprint density at radius 2 is 2.00 bits per heavy atom. The maximum Gasteiger partial charge on any atom is 0.0593 e. The third-order valence-corrected chi connectivity index (χ3v) is 0.972. The molecule has 0 aromatic rings. The van der Waals surface area contributed by atoms with Crippen molar-refractivity contribution in [2.75, 3.05) is 33.9 Å². The highest BCUT2D eigenvalue weighted by atomic mass is 16.5. The lowest BCUT2D eigenvalue weighted by atomic mass is 10.5. The van der Waals surface area contributed by atoms with Crippen LogP contribution in [0.25, 0.3) is 0 Å². The molecule has 0 aliphatic rings. The van der Waals surface area contributed by atoms with E-state index in [0.29, 0.717) is 0 Å². The highest BCUT2D eigenvalue weighted by Crippen LogP contribution is 1.80. The van der Waals surface area contributed by atoms with Crippen molar-refractivity contribution in [1.82, 2.24) is 4.90 Å². The van der Waals surface area contributed by atoms with Crippen molar-refractivity contribution in [2.24, 2.45) is 0 Å². The van der Waals surface area contributed by atoms with Gasteiger partial charge in [-0.05, 0) is 20.5 Å². The Balaban J connectivity index is 2.75. The second kappa shape index (κ2) is 6.05. The predicted octanol–water partition coefficient (Wildman–Crippen LogP) is 0.789. The molecule has 0 rings (SSSR count). The summed E-state index contributed by atoms with van der Waals surface area (Å²) in [5.74, 6) is 0. The van der Waals surface area contributed by atoms with Gasteiger partial charge in [-0.1, -0.05) is 6.92 Å². The molecule has 0 N–H and O–H groups in total. The SMILES string of the molecule is [CH2]CCOCCN(C)C. The number of hydrogen-bond donors (Lipinski definition) is 0. The van der Waals surface area contributed by atoms with Crippen molar-refractivity contribution in [3.8, 4) is 0 Å². The van der Waals surface area contributed by atoms with Gasteiger partial charge in [0, 0.05) is 13.2 Å². The number of likely N-dealkylation sites (N-methyl/N-ethyl adjacent to an activating group) is 1. The monoisotopic (exact) mass is 130 g/mol. The molecule has 0 amide bonds. The second-order valence-electron chi connectivity index (χ2n) is 2.27. The van der Waals surface area contributed by atoms with E-state index in [1.54, 1.807) is 0 Å². The van der Waals surface area contributed by atoms with E-state index >= 15 is 0 Å². The zero-order valence-electron chi connectivity index (χ0n) is 6.39. The molecule has 0 aliphatic carbocycles. The van der Waals surface area contributed by atoms with Crippen LogP contribution in [0.5, 0.6) is 0 Å². The first-order valence-corrected chi connectivity index (χ1v) is 3.29. The third kappa shape index (κ3) is 7.92. The molecule has 0 bridgehead atoms. The van der Waals surface area contributed by atoms with Crippen molar-refractivity contribution in [3.05, 3.63) is 6.92 Å². The molecule has 9 heavy (non-hydrogen) atoms. The van der Waals surface area contributed by atoms with Crippen molar-refractivity contribution < 1.29 is 4.74 Å². The van der Waals surface area contributed by atoms with Gasteiger partial charge in [-0.25, -0.2) is 0 Å². The number of ether oxygens (including phenoxy) is 1. The van der Waals surface area contributed by atoms with E-state index in [0.717, 1.165) is 26.2 Å². The highest BCUT2D eigenvalue weighted by molar-refractivity contribution is 4.41. The van der Waals surface area contributed by atoms with Gasteiger partial charge in [-0.2, -0.15) is 0 Å². The van der Waals surface area contributed by atoms with Gasteiger partial charge in [0.15, 0.2) is 0 Å². The fourth-order valence-electron chi connectivity index (χ4n) is 0.451. The second-order valence-corrected chi connectivity index (χ2v) is 2.27. The van der Waals surface area contributed by atoms with Crippen LogP contribution in [-0.2, 0) is 4.74 Å². The van der Waals surface area contributed by atoms with Gasteiger partial charge >= 0.3 is 0 Å². The minimum Gasteiger partial charge on any atom is -0.380 e. The summed E-state index contributed by atoms with van der Waals surface area (Å²) in [6, 6.07) is 0. The number of nitrogens with zero attached hydrogens (tertiary/aromatic N) is 1. The first-order chi connectivity index (χ1) is 4.27. The van der Waals surface area contributed by atoms with Crippen LogP contribution in [0.4, 0.5) is 0 Å². The molecule has 0 spiro atoms. The maximum absolute atomic E-state index is 5.19. The predicted molar refractivity (Wildman–Crippen MR) is 39.3 cm³/mol. The van der Waals surface area contributed by atoms with E-state index in [9.17, 15) is 0 Å². The molecule has 0 saturated heterocycles. The lowest BCUT2D eigenvalue weighted by molar-refractivity contribution is 0.121. The smallest absolute Gasteiger partial charge is 0.0593 e. The summed E-state index contributed by atoms with van der Waals surface area (Å²) in [4.78, 5) is 2.10. The summed E-state index contributed by atoms with van der Waals surface area (Å²) in [5.41, 5.74) is 0. The van der Waals surface area contributed by atoms with Crippen LogP contribution in [-0.4, -0.2) is 38.8 Å². The van der Waals surface area contributed by atoms with E-state index in [4.69, 9.17) is 4.74 Å². The quantitative estimate of drug-likeness (QED) is 0.510. The molecule has 0 fully saturated rings. The number of rotatable bonds is 5. The molecule has 0 heterocycles. The van der Waals surface area contributed by atoms with Crippen molar-refractivity contribution >= 4 is 0 Å². The van der Waals surface area contributed by atoms with Crippen LogP contribution in [0.15, 0.2) is 0 Å². The summed E-state index contributed by atoms with van der Waals surface area (Å²) >= 11 is 0. The van der Waals surface area contributed by atoms with Gasteiger partial charge < -0.3 is 9.64 Å². The summed E-state index contributed by atoms with van der Waals surface area (Å²) in [6.07, 6.45) is 0.868. The Morgan fingerprint density at radius 1 is 1.33 bits per heavy atom. The topological polar surface area (TPSA) is 12.5 Å². The Kier molecular flexibility index (Phi) is 5.99. The zero-order valence-corrected chi connectivity index (χ0v) is 6.39. The van der Waals surface area contributed by atoms with E-state index in [1.807, 2.05) is 14.1 Å². The van der Waals surface area contributed by atoms with Gasteiger partial charge in [0.05, 0.1) is 6.61 Å². The van der Waals surface area contributed by atoms with Gasteiger partial charge in [-0.3, -0.25) is 0 Å². The lowest BCUT2D eigenvalue weighted by Gasteiger charge is -2.08. The van der Waals surface area contributed by atoms with Gasteiger partial charge in [0.2, 0.25) is 0 Å². The molecule has 55 valence electrons. The van der Waals surface area contributed by atoms with Crippen molar-refractivity contribution in [3.63, 3.8) is 0 Å². The van der Waals surface area contributed by atoms with Crippen LogP contribution >= 0.6 is 0 Å². The summed E-state index contributed by atoms with van der Waals surface area (Å²) in [6.45, 7) is 6.27. The van der Waals surface area contributed by atoms with Gasteiger partial charge in [0.1, 0.15) is 0 Å². The van der Waals surface area contributed by atoms with Crippen LogP contribution < -0.4 is 0 Å². The van der Waals surface area contributed by atoms with E-state index in [2.05, 4.69) is 11.8 Å². The minimum absolute atomic E-state index is 0.786. The normalized spacial score (nSPS) is 10.7. The first kappa shape index (κ1) is 8.92. The van der Waals surface area contributed by atoms with Gasteiger partial charge in [-0.15, -0.1) is 0 Å². The molecule has 2 heteroatoms. The fourth-order valence-corrected chi connectivity index (χ4v) is 0.451. The molecule has 0 aromatic carbocycles. The van der Waals surface area contributed by atoms with Crippen LogP contribution in [0.1, 0.15) is 6.42 Å². The highest BCUT2D eigenvalue weighted by Gasteiger charge is 1.87. The number of hydrogen-bond acceptors (Lipinski definition) is 2. The van der Waals surface area contributed by atoms with Crippen LogP contribution in [0.3, 0.4) is 0 Å². The Hall–Kier alpha value is -0.0800. The lowest BCUT2D eigenvalue weighted by Crippen LogP contribution is -2.18. The Labute approximate surface area is 57.8 Å². The Morgan fingerprint density at radius 3 is 2.44 bits per heavy atom. The molecule has 1 radical (unpaired) electrons.